The van der Waals surface area contributed by atoms with Crippen LogP contribution in [0.15, 0.2) is 60.7 Å². The quantitative estimate of drug-likeness (QED) is 0.863. The average molecular weight is 296 g/mol. The zero-order valence-corrected chi connectivity index (χ0v) is 13.9. The van der Waals surface area contributed by atoms with Gasteiger partial charge in [-0.05, 0) is 18.8 Å². The van der Waals surface area contributed by atoms with E-state index in [0.717, 1.165) is 19.3 Å². The molecule has 0 spiro atoms. The summed E-state index contributed by atoms with van der Waals surface area (Å²) in [6, 6.07) is 21.4. The molecule has 1 nitrogen and oxygen atoms in total. The first kappa shape index (κ1) is 14.5. The van der Waals surface area contributed by atoms with Gasteiger partial charge in [-0.1, -0.05) is 90.9 Å². The van der Waals surface area contributed by atoms with Gasteiger partial charge in [0.2, 0.25) is 0 Å². The van der Waals surface area contributed by atoms with E-state index in [0.29, 0.717) is 5.92 Å². The first-order chi connectivity index (χ1) is 10.1. The highest BCUT2D eigenvalue weighted by molar-refractivity contribution is 7.03. The lowest BCUT2D eigenvalue weighted by atomic mass is 10.1. The topological polar surface area (TPSA) is 20.2 Å². The highest BCUT2D eigenvalue weighted by Crippen LogP contribution is 2.41. The summed E-state index contributed by atoms with van der Waals surface area (Å²) in [5.41, 5.74) is 0. The van der Waals surface area contributed by atoms with Crippen LogP contribution in [0.5, 0.6) is 0 Å². The Morgan fingerprint density at radius 3 is 1.81 bits per heavy atom. The summed E-state index contributed by atoms with van der Waals surface area (Å²) < 4.78 is 0. The van der Waals surface area contributed by atoms with Crippen molar-refractivity contribution < 1.29 is 5.11 Å². The molecule has 0 saturated heterocycles. The Balaban J connectivity index is 2.21. The summed E-state index contributed by atoms with van der Waals surface area (Å²) >= 11 is 0. The van der Waals surface area contributed by atoms with Crippen LogP contribution in [0.1, 0.15) is 26.2 Å². The van der Waals surface area contributed by atoms with E-state index >= 15 is 0 Å². The van der Waals surface area contributed by atoms with Gasteiger partial charge in [-0.2, -0.15) is 0 Å². The van der Waals surface area contributed by atoms with Crippen LogP contribution >= 0.6 is 0 Å². The molecule has 21 heavy (non-hydrogen) atoms. The van der Waals surface area contributed by atoms with E-state index in [1.165, 1.54) is 10.4 Å². The van der Waals surface area contributed by atoms with Crippen molar-refractivity contribution in [3.63, 3.8) is 0 Å². The van der Waals surface area contributed by atoms with E-state index in [9.17, 15) is 5.11 Å². The van der Waals surface area contributed by atoms with Gasteiger partial charge in [-0.3, -0.25) is 0 Å². The fourth-order valence-electron chi connectivity index (χ4n) is 4.12. The Bertz CT molecular complexity index is 556. The summed E-state index contributed by atoms with van der Waals surface area (Å²) in [6.07, 6.45) is 3.21. The monoisotopic (exact) mass is 296 g/mol. The average Bonchev–Trinajstić information content (AvgIpc) is 2.89. The number of benzene rings is 2. The van der Waals surface area contributed by atoms with Crippen LogP contribution in [0.25, 0.3) is 0 Å². The third-order valence-electron chi connectivity index (χ3n) is 5.58. The Hall–Kier alpha value is -1.38. The Kier molecular flexibility index (Phi) is 3.76. The second-order valence-corrected chi connectivity index (χ2v) is 10.8. The molecule has 3 rings (SSSR count). The van der Waals surface area contributed by atoms with Crippen LogP contribution in [0.3, 0.4) is 0 Å². The molecule has 2 aromatic rings. The van der Waals surface area contributed by atoms with Gasteiger partial charge in [0.25, 0.3) is 0 Å². The van der Waals surface area contributed by atoms with E-state index in [-0.39, 0.29) is 0 Å². The molecule has 0 radical (unpaired) electrons. The van der Waals surface area contributed by atoms with E-state index in [4.69, 9.17) is 0 Å². The standard InChI is InChI=1S/C19H24OSi/c1-16-10-9-15-19(16,20)21(2,17-11-5-3-6-12-17)18-13-7-4-8-14-18/h3-8,11-14,16,20H,9-10,15H2,1-2H3/t16-,19+/m1/s1. The van der Waals surface area contributed by atoms with Gasteiger partial charge in [0.15, 0.2) is 0 Å². The summed E-state index contributed by atoms with van der Waals surface area (Å²) in [5, 5.41) is 13.8. The molecule has 2 aromatic carbocycles. The third kappa shape index (κ3) is 2.17. The molecule has 0 bridgehead atoms. The van der Waals surface area contributed by atoms with Crippen molar-refractivity contribution in [3.8, 4) is 0 Å². The Labute approximate surface area is 128 Å². The van der Waals surface area contributed by atoms with Crippen molar-refractivity contribution in [1.82, 2.24) is 0 Å². The minimum atomic E-state index is -2.20. The predicted molar refractivity (Wildman–Crippen MR) is 91.7 cm³/mol. The Morgan fingerprint density at radius 1 is 0.952 bits per heavy atom. The van der Waals surface area contributed by atoms with Gasteiger partial charge in [0, 0.05) is 0 Å². The zero-order valence-electron chi connectivity index (χ0n) is 12.9. The fraction of sp³-hybridized carbons (Fsp3) is 0.368. The summed E-state index contributed by atoms with van der Waals surface area (Å²) in [7, 11) is -2.20. The van der Waals surface area contributed by atoms with Crippen molar-refractivity contribution in [2.75, 3.05) is 0 Å². The maximum atomic E-state index is 11.6. The van der Waals surface area contributed by atoms with Crippen molar-refractivity contribution in [1.29, 1.82) is 0 Å². The van der Waals surface area contributed by atoms with Gasteiger partial charge < -0.3 is 5.11 Å². The molecule has 1 saturated carbocycles. The summed E-state index contributed by atoms with van der Waals surface area (Å²) in [4.78, 5) is 0. The maximum Gasteiger partial charge on any atom is 0.149 e. The van der Waals surface area contributed by atoms with Crippen molar-refractivity contribution in [2.24, 2.45) is 5.92 Å². The first-order valence-electron chi connectivity index (χ1n) is 7.92. The minimum absolute atomic E-state index is 0.370. The summed E-state index contributed by atoms with van der Waals surface area (Å²) in [6.45, 7) is 4.57. The molecule has 0 aliphatic heterocycles. The maximum absolute atomic E-state index is 11.6. The Morgan fingerprint density at radius 2 is 1.43 bits per heavy atom. The van der Waals surface area contributed by atoms with Gasteiger partial charge in [-0.15, -0.1) is 0 Å². The highest BCUT2D eigenvalue weighted by atomic mass is 28.3. The smallest absolute Gasteiger partial charge is 0.149 e. The van der Waals surface area contributed by atoms with Gasteiger partial charge >= 0.3 is 0 Å². The number of rotatable bonds is 3. The van der Waals surface area contributed by atoms with Crippen molar-refractivity contribution in [2.45, 2.75) is 38.0 Å². The van der Waals surface area contributed by atoms with Gasteiger partial charge in [-0.25, -0.2) is 0 Å². The van der Waals surface area contributed by atoms with Crippen molar-refractivity contribution >= 4 is 18.4 Å². The molecule has 0 heterocycles. The highest BCUT2D eigenvalue weighted by Gasteiger charge is 2.55. The molecular weight excluding hydrogens is 272 g/mol. The second kappa shape index (κ2) is 5.43. The minimum Gasteiger partial charge on any atom is -0.392 e. The fourth-order valence-corrected chi connectivity index (χ4v) is 8.97. The van der Waals surface area contributed by atoms with E-state index < -0.39 is 13.3 Å². The van der Waals surface area contributed by atoms with Gasteiger partial charge in [0.1, 0.15) is 8.07 Å². The van der Waals surface area contributed by atoms with Crippen LogP contribution in [-0.2, 0) is 0 Å². The molecule has 0 unspecified atom stereocenters. The molecule has 0 amide bonds. The normalized spacial score (nSPS) is 26.0. The number of hydrogen-bond donors (Lipinski definition) is 1. The van der Waals surface area contributed by atoms with Crippen molar-refractivity contribution in [3.05, 3.63) is 60.7 Å². The molecule has 2 atom stereocenters. The van der Waals surface area contributed by atoms with E-state index in [1.54, 1.807) is 0 Å². The van der Waals surface area contributed by atoms with Gasteiger partial charge in [0.05, 0.1) is 5.22 Å². The predicted octanol–water partition coefficient (Wildman–Crippen LogP) is 2.97. The van der Waals surface area contributed by atoms with Crippen LogP contribution in [0, 0.1) is 5.92 Å². The van der Waals surface area contributed by atoms with Crippen LogP contribution < -0.4 is 10.4 Å². The first-order valence-corrected chi connectivity index (χ1v) is 10.4. The summed E-state index contributed by atoms with van der Waals surface area (Å²) in [5.74, 6) is 0.370. The molecule has 2 heteroatoms. The van der Waals surface area contributed by atoms with Crippen LogP contribution in [0.2, 0.25) is 6.55 Å². The third-order valence-corrected chi connectivity index (χ3v) is 11.0. The lowest BCUT2D eigenvalue weighted by Crippen LogP contribution is -2.72. The van der Waals surface area contributed by atoms with Crippen LogP contribution in [0.4, 0.5) is 0 Å². The molecule has 1 N–H and O–H groups in total. The molecule has 1 fully saturated rings. The zero-order chi connectivity index (χ0) is 14.9. The molecular formula is C19H24OSi. The number of hydrogen-bond acceptors (Lipinski definition) is 1. The molecule has 0 aromatic heterocycles. The lowest BCUT2D eigenvalue weighted by molar-refractivity contribution is 0.0847. The molecule has 1 aliphatic rings. The van der Waals surface area contributed by atoms with E-state index in [2.05, 4.69) is 74.1 Å². The largest absolute Gasteiger partial charge is 0.392 e. The SMILES string of the molecule is C[C@@H]1CCC[C@]1(O)[Si](C)(c1ccccc1)c1ccccc1. The van der Waals surface area contributed by atoms with E-state index in [1.807, 2.05) is 0 Å². The van der Waals surface area contributed by atoms with Crippen LogP contribution in [-0.4, -0.2) is 18.4 Å². The number of aliphatic hydroxyl groups is 1. The molecule has 110 valence electrons. The lowest BCUT2D eigenvalue weighted by Gasteiger charge is -2.45. The second-order valence-electron chi connectivity index (χ2n) is 6.57. The molecule has 1 aliphatic carbocycles.